The van der Waals surface area contributed by atoms with Gasteiger partial charge in [0.25, 0.3) is 0 Å². The Kier molecular flexibility index (Phi) is 13.2. The number of rotatable bonds is 16. The molecule has 5 N–H and O–H groups in total. The van der Waals surface area contributed by atoms with Crippen molar-refractivity contribution in [3.8, 4) is 0 Å². The first-order valence-electron chi connectivity index (χ1n) is 13.0. The smallest absolute Gasteiger partial charge is 0.246 e. The van der Waals surface area contributed by atoms with Crippen LogP contribution >= 0.6 is 0 Å². The number of aromatic nitrogens is 2. The van der Waals surface area contributed by atoms with Gasteiger partial charge < -0.3 is 31.1 Å². The molecule has 1 aromatic carbocycles. The van der Waals surface area contributed by atoms with Crippen molar-refractivity contribution in [3.63, 3.8) is 0 Å². The van der Waals surface area contributed by atoms with Crippen molar-refractivity contribution in [2.24, 2.45) is 5.11 Å². The zero-order chi connectivity index (χ0) is 29.5. The lowest BCUT2D eigenvalue weighted by molar-refractivity contribution is -0.135. The number of nitrogens with zero attached hydrogens (tertiary/aromatic N) is 5. The molecule has 2 rings (SSSR count). The highest BCUT2D eigenvalue weighted by atomic mass is 19.1. The maximum Gasteiger partial charge on any atom is 0.246 e. The first-order valence-corrected chi connectivity index (χ1v) is 13.0. The number of nitrogens with one attached hydrogen (secondary N) is 5. The van der Waals surface area contributed by atoms with Gasteiger partial charge in [0, 0.05) is 57.4 Å². The molecule has 1 aromatic heterocycles. The summed E-state index contributed by atoms with van der Waals surface area (Å²) in [6, 6.07) is 5.33. The summed E-state index contributed by atoms with van der Waals surface area (Å²) < 4.78 is 13.5. The van der Waals surface area contributed by atoms with Crippen LogP contribution in [0.1, 0.15) is 25.8 Å². The van der Waals surface area contributed by atoms with Gasteiger partial charge in [-0.05, 0) is 45.6 Å². The van der Waals surface area contributed by atoms with Crippen molar-refractivity contribution >= 4 is 35.0 Å². The van der Waals surface area contributed by atoms with E-state index in [1.54, 1.807) is 38.4 Å². The maximum absolute atomic E-state index is 13.5. The van der Waals surface area contributed by atoms with Gasteiger partial charge in [-0.25, -0.2) is 14.9 Å². The van der Waals surface area contributed by atoms with Gasteiger partial charge in [0.15, 0.2) is 0 Å². The van der Waals surface area contributed by atoms with Crippen LogP contribution in [0.3, 0.4) is 0 Å². The van der Waals surface area contributed by atoms with Gasteiger partial charge in [-0.15, -0.1) is 0 Å². The summed E-state index contributed by atoms with van der Waals surface area (Å²) in [5, 5.41) is 15.6. The SMILES string of the molecule is CCCNc1nc(Nc2cccc(F)c2)ncc1/C(=C/NCCNC(=O)[C@H](C)N(C)C(=O)/C=C/CN(C)C)N=N. The molecule has 2 amide bonds. The average molecular weight is 555 g/mol. The first kappa shape index (κ1) is 31.8. The minimum absolute atomic E-state index is 0.251. The van der Waals surface area contributed by atoms with E-state index in [0.29, 0.717) is 36.7 Å². The molecule has 2 aromatic rings. The van der Waals surface area contributed by atoms with E-state index < -0.39 is 6.04 Å². The van der Waals surface area contributed by atoms with E-state index in [9.17, 15) is 14.0 Å². The van der Waals surface area contributed by atoms with E-state index in [2.05, 4.69) is 36.3 Å². The minimum atomic E-state index is -0.644. The summed E-state index contributed by atoms with van der Waals surface area (Å²) in [6.45, 7) is 5.58. The van der Waals surface area contributed by atoms with Gasteiger partial charge in [0.1, 0.15) is 23.4 Å². The Bertz CT molecular complexity index is 1200. The lowest BCUT2D eigenvalue weighted by Crippen LogP contribution is -2.46. The van der Waals surface area contributed by atoms with Crippen LogP contribution in [0.5, 0.6) is 0 Å². The highest BCUT2D eigenvalue weighted by Gasteiger charge is 2.20. The topological polar surface area (TPSA) is 151 Å². The molecule has 0 aliphatic rings. The number of halogens is 1. The van der Waals surface area contributed by atoms with E-state index in [4.69, 9.17) is 5.53 Å². The normalized spacial score (nSPS) is 12.2. The van der Waals surface area contributed by atoms with Crippen molar-refractivity contribution < 1.29 is 14.0 Å². The van der Waals surface area contributed by atoms with E-state index in [-0.39, 0.29) is 35.8 Å². The van der Waals surface area contributed by atoms with Gasteiger partial charge in [0.2, 0.25) is 17.8 Å². The van der Waals surface area contributed by atoms with Gasteiger partial charge in [-0.2, -0.15) is 10.1 Å². The fraction of sp³-hybridized carbons (Fsp3) is 0.407. The largest absolute Gasteiger partial charge is 0.387 e. The second-order valence-corrected chi connectivity index (χ2v) is 9.19. The molecule has 216 valence electrons. The quantitative estimate of drug-likeness (QED) is 0.121. The summed E-state index contributed by atoms with van der Waals surface area (Å²) >= 11 is 0. The lowest BCUT2D eigenvalue weighted by atomic mass is 10.2. The summed E-state index contributed by atoms with van der Waals surface area (Å²) in [5.74, 6) is -0.185. The molecule has 13 heteroatoms. The van der Waals surface area contributed by atoms with Gasteiger partial charge in [-0.3, -0.25) is 9.59 Å². The molecule has 0 saturated heterocycles. The molecule has 40 heavy (non-hydrogen) atoms. The van der Waals surface area contributed by atoms with E-state index in [1.807, 2.05) is 25.9 Å². The highest BCUT2D eigenvalue weighted by Crippen LogP contribution is 2.24. The molecule has 0 radical (unpaired) electrons. The van der Waals surface area contributed by atoms with Crippen LogP contribution in [0.25, 0.3) is 5.70 Å². The Balaban J connectivity index is 1.98. The van der Waals surface area contributed by atoms with Gasteiger partial charge in [-0.1, -0.05) is 19.1 Å². The number of likely N-dealkylation sites (N-methyl/N-ethyl adjacent to an activating group) is 2. The van der Waals surface area contributed by atoms with Gasteiger partial charge in [0.05, 0.1) is 5.56 Å². The van der Waals surface area contributed by atoms with Gasteiger partial charge >= 0.3 is 0 Å². The van der Waals surface area contributed by atoms with Crippen molar-refractivity contribution in [2.75, 3.05) is 58.0 Å². The van der Waals surface area contributed by atoms with Crippen LogP contribution in [0, 0.1) is 11.3 Å². The van der Waals surface area contributed by atoms with E-state index >= 15 is 0 Å². The summed E-state index contributed by atoms with van der Waals surface area (Å²) in [4.78, 5) is 36.8. The molecular weight excluding hydrogens is 515 g/mol. The predicted molar refractivity (Wildman–Crippen MR) is 155 cm³/mol. The molecule has 0 spiro atoms. The van der Waals surface area contributed by atoms with Crippen molar-refractivity contribution in [2.45, 2.75) is 26.3 Å². The van der Waals surface area contributed by atoms with E-state index in [0.717, 1.165) is 6.42 Å². The number of anilines is 3. The third kappa shape index (κ3) is 10.4. The highest BCUT2D eigenvalue weighted by molar-refractivity contribution is 5.92. The van der Waals surface area contributed by atoms with Crippen LogP contribution in [0.15, 0.2) is 53.9 Å². The Morgan fingerprint density at radius 2 is 1.98 bits per heavy atom. The van der Waals surface area contributed by atoms with Crippen LogP contribution < -0.4 is 21.3 Å². The van der Waals surface area contributed by atoms with Crippen molar-refractivity contribution in [1.82, 2.24) is 30.4 Å². The Morgan fingerprint density at radius 3 is 2.65 bits per heavy atom. The predicted octanol–water partition coefficient (Wildman–Crippen LogP) is 3.18. The molecule has 0 unspecified atom stereocenters. The summed E-state index contributed by atoms with van der Waals surface area (Å²) in [7, 11) is 5.39. The fourth-order valence-corrected chi connectivity index (χ4v) is 3.30. The summed E-state index contributed by atoms with van der Waals surface area (Å²) in [6.07, 6.45) is 7.12. The third-order valence-corrected chi connectivity index (χ3v) is 5.65. The Hall–Kier alpha value is -4.39. The maximum atomic E-state index is 13.5. The number of hydrogen-bond acceptors (Lipinski definition) is 10. The second kappa shape index (κ2) is 16.5. The molecule has 12 nitrogen and oxygen atoms in total. The van der Waals surface area contributed by atoms with Crippen LogP contribution in [-0.2, 0) is 9.59 Å². The number of benzene rings is 1. The Labute approximate surface area is 234 Å². The lowest BCUT2D eigenvalue weighted by Gasteiger charge is -2.23. The number of carbonyl (C=O) groups is 2. The molecule has 0 aliphatic heterocycles. The third-order valence-electron chi connectivity index (χ3n) is 5.65. The average Bonchev–Trinajstić information content (AvgIpc) is 2.93. The molecule has 0 fully saturated rings. The minimum Gasteiger partial charge on any atom is -0.387 e. The number of amides is 2. The number of hydrogen-bond donors (Lipinski definition) is 5. The second-order valence-electron chi connectivity index (χ2n) is 9.19. The van der Waals surface area contributed by atoms with Crippen LogP contribution in [0.2, 0.25) is 0 Å². The standard InChI is InChI=1S/C27H39FN10O2/c1-6-12-31-25-22(17-33-27(35-25)34-21-10-7-9-20(28)16-21)23(36-29)18-30-13-14-32-26(40)19(2)38(5)24(39)11-8-15-37(3)4/h7-11,16-19,29-30H,6,12-15H2,1-5H3,(H,32,40)(H2,31,33,34,35)/b11-8+,23-18-,36-29?/t19-/m0/s1. The number of carbonyl (C=O) groups excluding carboxylic acids is 2. The summed E-state index contributed by atoms with van der Waals surface area (Å²) in [5.41, 5.74) is 8.94. The molecule has 0 bridgehead atoms. The zero-order valence-corrected chi connectivity index (χ0v) is 23.7. The zero-order valence-electron chi connectivity index (χ0n) is 23.7. The first-order chi connectivity index (χ1) is 19.2. The van der Waals surface area contributed by atoms with Crippen molar-refractivity contribution in [1.29, 1.82) is 5.53 Å². The fourth-order valence-electron chi connectivity index (χ4n) is 3.30. The molecule has 0 aliphatic carbocycles. The van der Waals surface area contributed by atoms with Crippen LogP contribution in [0.4, 0.5) is 21.8 Å². The van der Waals surface area contributed by atoms with Crippen LogP contribution in [-0.4, -0.2) is 84.9 Å². The van der Waals surface area contributed by atoms with E-state index in [1.165, 1.54) is 29.3 Å². The molecule has 0 saturated carbocycles. The monoisotopic (exact) mass is 554 g/mol. The molecular formula is C27H39FN10O2. The Morgan fingerprint density at radius 1 is 1.20 bits per heavy atom. The van der Waals surface area contributed by atoms with Crippen molar-refractivity contribution in [3.05, 3.63) is 60.2 Å². The molecule has 1 heterocycles. The molecule has 1 atom stereocenters.